The van der Waals surface area contributed by atoms with E-state index in [0.29, 0.717) is 0 Å². The van der Waals surface area contributed by atoms with Gasteiger partial charge in [0.15, 0.2) is 0 Å². The van der Waals surface area contributed by atoms with Gasteiger partial charge in [0.1, 0.15) is 0 Å². The fourth-order valence-corrected chi connectivity index (χ4v) is 26.1. The van der Waals surface area contributed by atoms with Crippen molar-refractivity contribution in [1.29, 1.82) is 0 Å². The molecular weight excluding hydrogens is 1650 g/mol. The third-order valence-corrected chi connectivity index (χ3v) is 31.4. The molecule has 0 heterocycles. The minimum Gasteiger partial charge on any atom is -0.0619 e. The van der Waals surface area contributed by atoms with Crippen LogP contribution in [0.25, 0.3) is 219 Å². The van der Waals surface area contributed by atoms with Crippen molar-refractivity contribution >= 4 is 97.0 Å². The molecule has 5 aliphatic carbocycles. The van der Waals surface area contributed by atoms with Crippen LogP contribution in [-0.4, -0.2) is 0 Å². The molecule has 0 bridgehead atoms. The highest BCUT2D eigenvalue weighted by molar-refractivity contribution is 6.28. The van der Waals surface area contributed by atoms with Gasteiger partial charge in [0.2, 0.25) is 0 Å². The van der Waals surface area contributed by atoms with E-state index < -0.39 is 0 Å². The smallest absolute Gasteiger partial charge is 0.0619 e. The highest BCUT2D eigenvalue weighted by atomic mass is 14.6. The number of benzene rings is 25. The first-order valence-corrected chi connectivity index (χ1v) is 48.2. The van der Waals surface area contributed by atoms with Crippen LogP contribution in [0.4, 0.5) is 0 Å². The number of hydrogen-bond donors (Lipinski definition) is 0. The Morgan fingerprint density at radius 1 is 0.124 bits per heavy atom. The molecule has 0 aromatic heterocycles. The summed E-state index contributed by atoms with van der Waals surface area (Å²) in [6.45, 7) is 4.77. The SMILES string of the molecule is CC1(C)c2ccccc2-c2cccc(-c3c4ccccc4c(-c4ccc5ccccc5c4)c4ccccc34)c21.c1ccc2c(c1)-c1ccccc1C21c2ccccc2-c2c(-c3c4ccccc4c(-c4ccc5ccccc5c4)c4ccccc34)cccc21.c1ccc2c(c1)-c1ccccc1C21c2ccccc2-c2c(-c3c4ccccc4c(-c4cccc5ccccc45)c4ccccc34)cccc21. The third kappa shape index (κ3) is 11.2. The summed E-state index contributed by atoms with van der Waals surface area (Å²) in [5, 5.41) is 23.1. The molecule has 0 radical (unpaired) electrons. The first-order valence-electron chi connectivity index (χ1n) is 48.2. The predicted molar refractivity (Wildman–Crippen MR) is 580 cm³/mol. The van der Waals surface area contributed by atoms with Crippen molar-refractivity contribution in [2.45, 2.75) is 30.1 Å². The molecule has 0 aliphatic heterocycles. The van der Waals surface area contributed by atoms with Crippen molar-refractivity contribution in [2.75, 3.05) is 0 Å². The summed E-state index contributed by atoms with van der Waals surface area (Å²) in [5.74, 6) is 0. The predicted octanol–water partition coefficient (Wildman–Crippen LogP) is 36.4. The van der Waals surface area contributed by atoms with E-state index in [1.54, 1.807) is 0 Å². The third-order valence-electron chi connectivity index (χ3n) is 31.4. The lowest BCUT2D eigenvalue weighted by atomic mass is 9.70. The highest BCUT2D eigenvalue weighted by Crippen LogP contribution is 2.68. The van der Waals surface area contributed by atoms with E-state index in [9.17, 15) is 0 Å². The molecule has 0 amide bonds. The fourth-order valence-electron chi connectivity index (χ4n) is 26.1. The molecule has 0 unspecified atom stereocenters. The van der Waals surface area contributed by atoms with Crippen LogP contribution in [0, 0.1) is 0 Å². The van der Waals surface area contributed by atoms with Gasteiger partial charge >= 0.3 is 0 Å². The van der Waals surface area contributed by atoms with Crippen LogP contribution in [0.1, 0.15) is 69.5 Å². The van der Waals surface area contributed by atoms with Gasteiger partial charge in [0.25, 0.3) is 0 Å². The molecule has 0 heteroatoms. The van der Waals surface area contributed by atoms with Crippen molar-refractivity contribution < 1.29 is 0 Å². The Balaban J connectivity index is 0.000000102. The largest absolute Gasteiger partial charge is 0.0725 e. The Bertz CT molecular complexity index is 9200. The molecule has 137 heavy (non-hydrogen) atoms. The molecule has 0 saturated carbocycles. The summed E-state index contributed by atoms with van der Waals surface area (Å²) in [5.41, 5.74) is 42.0. The molecule has 0 atom stereocenters. The van der Waals surface area contributed by atoms with Gasteiger partial charge in [0, 0.05) is 5.41 Å². The van der Waals surface area contributed by atoms with Crippen molar-refractivity contribution in [1.82, 2.24) is 0 Å². The Kier molecular flexibility index (Phi) is 17.4. The lowest BCUT2D eigenvalue weighted by Crippen LogP contribution is -2.25. The molecule has 0 N–H and O–H groups in total. The Hall–Kier alpha value is -17.2. The van der Waals surface area contributed by atoms with Crippen molar-refractivity contribution in [2.24, 2.45) is 0 Å². The summed E-state index contributed by atoms with van der Waals surface area (Å²) in [6, 6.07) is 185. The first-order chi connectivity index (χ1) is 67.8. The topological polar surface area (TPSA) is 0 Å². The lowest BCUT2D eigenvalue weighted by Gasteiger charge is -2.30. The quantitative estimate of drug-likeness (QED) is 0.146. The van der Waals surface area contributed by atoms with E-state index in [0.717, 1.165) is 0 Å². The summed E-state index contributed by atoms with van der Waals surface area (Å²) in [6.07, 6.45) is 0. The number of rotatable bonds is 6. The second-order valence-corrected chi connectivity index (χ2v) is 38.3. The van der Waals surface area contributed by atoms with Gasteiger partial charge in [-0.3, -0.25) is 0 Å². The van der Waals surface area contributed by atoms with Crippen LogP contribution in [0.5, 0.6) is 0 Å². The zero-order valence-corrected chi connectivity index (χ0v) is 75.8. The van der Waals surface area contributed by atoms with Gasteiger partial charge < -0.3 is 0 Å². The van der Waals surface area contributed by atoms with Crippen LogP contribution in [0.2, 0.25) is 0 Å². The molecule has 2 spiro atoms. The van der Waals surface area contributed by atoms with Crippen LogP contribution in [-0.2, 0) is 16.2 Å². The highest BCUT2D eigenvalue weighted by Gasteiger charge is 2.54. The van der Waals surface area contributed by atoms with Crippen LogP contribution in [0.3, 0.4) is 0 Å². The normalized spacial score (nSPS) is 13.5. The monoisotopic (exact) mass is 1730 g/mol. The van der Waals surface area contributed by atoms with E-state index in [-0.39, 0.29) is 16.2 Å². The first kappa shape index (κ1) is 78.5. The molecule has 25 aromatic rings. The zero-order chi connectivity index (χ0) is 90.4. The second kappa shape index (κ2) is 30.4. The molecular formula is C137H88. The standard InChI is InChI=1S/2C49H30.C39H28/c1-2-17-32-31(15-1)16-13-25-35(32)46-36-20-3-5-22-38(36)47(39-23-6-4-21-37(39)46)41-26-14-30-45-48(41)40-24-9-12-29-44(40)49(45)42-27-10-7-18-33(42)34-19-8-11-28-43(34)49;1-2-15-32-30-33(29-28-31(32)14-1)46-36-18-3-5-20-38(36)47(39-21-6-4-19-37(39)46)41-23-13-27-45-48(41)40-22-9-12-26-44(40)49(45)42-24-10-7-16-34(42)35-17-8-11-25-43(35)49;1-39(2)35-21-10-9-14-28(35)33-19-11-20-34(38(33)39)37-31-17-7-5-15-29(31)36(30-16-6-8-18-32(30)37)27-23-22-25-12-3-4-13-26(25)24-27/h2*1-30H;3-24H,1-2H3. The van der Waals surface area contributed by atoms with Gasteiger partial charge in [-0.1, -0.05) is 499 Å². The Morgan fingerprint density at radius 3 is 0.715 bits per heavy atom. The number of hydrogen-bond acceptors (Lipinski definition) is 0. The number of fused-ring (bicyclic) bond motifs is 32. The van der Waals surface area contributed by atoms with Gasteiger partial charge in [-0.25, -0.2) is 0 Å². The van der Waals surface area contributed by atoms with Crippen LogP contribution in [0.15, 0.2) is 497 Å². The minimum absolute atomic E-state index is 0.0816. The van der Waals surface area contributed by atoms with Crippen LogP contribution >= 0.6 is 0 Å². The molecule has 636 valence electrons. The molecule has 0 saturated heterocycles. The van der Waals surface area contributed by atoms with Crippen molar-refractivity contribution in [3.8, 4) is 122 Å². The maximum atomic E-state index is 2.40. The average molecular weight is 1730 g/mol. The van der Waals surface area contributed by atoms with Gasteiger partial charge in [-0.15, -0.1) is 0 Å². The average Bonchev–Trinajstić information content (AvgIpc) is 1.50. The van der Waals surface area contributed by atoms with E-state index in [4.69, 9.17) is 0 Å². The Labute approximate surface area is 796 Å². The lowest BCUT2D eigenvalue weighted by molar-refractivity contribution is 0.662. The van der Waals surface area contributed by atoms with Crippen molar-refractivity contribution in [3.63, 3.8) is 0 Å². The maximum absolute atomic E-state index is 2.40. The van der Waals surface area contributed by atoms with Gasteiger partial charge in [-0.05, 0) is 287 Å². The van der Waals surface area contributed by atoms with Crippen LogP contribution < -0.4 is 0 Å². The van der Waals surface area contributed by atoms with E-state index in [2.05, 4.69) is 511 Å². The maximum Gasteiger partial charge on any atom is 0.0725 e. The van der Waals surface area contributed by atoms with Gasteiger partial charge in [-0.2, -0.15) is 0 Å². The summed E-state index contributed by atoms with van der Waals surface area (Å²) in [4.78, 5) is 0. The molecule has 0 fully saturated rings. The van der Waals surface area contributed by atoms with Gasteiger partial charge in [0.05, 0.1) is 10.8 Å². The molecule has 25 aromatic carbocycles. The summed E-state index contributed by atoms with van der Waals surface area (Å²) >= 11 is 0. The fraction of sp³-hybridized carbons (Fsp3) is 0.0365. The van der Waals surface area contributed by atoms with E-state index in [1.807, 2.05) is 0 Å². The molecule has 30 rings (SSSR count). The summed E-state index contributed by atoms with van der Waals surface area (Å²) < 4.78 is 0. The second-order valence-electron chi connectivity index (χ2n) is 38.3. The molecule has 0 nitrogen and oxygen atoms in total. The zero-order valence-electron chi connectivity index (χ0n) is 75.8. The van der Waals surface area contributed by atoms with E-state index >= 15 is 0 Å². The molecule has 5 aliphatic rings. The van der Waals surface area contributed by atoms with E-state index in [1.165, 1.54) is 275 Å². The van der Waals surface area contributed by atoms with Crippen molar-refractivity contribution in [3.05, 3.63) is 553 Å². The summed E-state index contributed by atoms with van der Waals surface area (Å²) in [7, 11) is 0. The minimum atomic E-state index is -0.371. The Morgan fingerprint density at radius 2 is 0.343 bits per heavy atom.